The predicted octanol–water partition coefficient (Wildman–Crippen LogP) is 2.54. The van der Waals surface area contributed by atoms with E-state index in [-0.39, 0.29) is 6.54 Å². The van der Waals surface area contributed by atoms with E-state index in [9.17, 15) is 27.9 Å². The number of aromatic nitrogens is 3. The minimum absolute atomic E-state index is 0.106. The van der Waals surface area contributed by atoms with Crippen LogP contribution in [0.25, 0.3) is 11.4 Å². The molecule has 0 saturated carbocycles. The molecule has 0 aliphatic carbocycles. The highest BCUT2D eigenvalue weighted by molar-refractivity contribution is 5.95. The monoisotopic (exact) mass is 434 g/mol. The fraction of sp³-hybridized carbons (Fsp3) is 0.200. The molecule has 1 aromatic carbocycles. The number of aromatic hydroxyl groups is 1. The highest BCUT2D eigenvalue weighted by atomic mass is 19.4. The molecule has 1 amide bonds. The third-order valence-corrected chi connectivity index (χ3v) is 4.31. The van der Waals surface area contributed by atoms with Crippen molar-refractivity contribution in [2.24, 2.45) is 0 Å². The van der Waals surface area contributed by atoms with E-state index in [1.165, 1.54) is 25.4 Å². The van der Waals surface area contributed by atoms with Gasteiger partial charge in [0.15, 0.2) is 5.69 Å². The smallest absolute Gasteiger partial charge is 0.417 e. The highest BCUT2D eigenvalue weighted by Crippen LogP contribution is 2.35. The van der Waals surface area contributed by atoms with Crippen LogP contribution < -0.4 is 15.6 Å². The number of aromatic amines is 1. The molecule has 162 valence electrons. The number of methoxy groups -OCH3 is 1. The van der Waals surface area contributed by atoms with Gasteiger partial charge in [0.2, 0.25) is 11.6 Å². The summed E-state index contributed by atoms with van der Waals surface area (Å²) >= 11 is 0. The second-order valence-corrected chi connectivity index (χ2v) is 6.37. The Morgan fingerprint density at radius 3 is 2.71 bits per heavy atom. The number of amides is 1. The third-order valence-electron chi connectivity index (χ3n) is 4.31. The van der Waals surface area contributed by atoms with Crippen LogP contribution in [0.15, 0.2) is 47.4 Å². The Balaban J connectivity index is 1.85. The molecule has 2 heterocycles. The number of nitrogens with zero attached hydrogens (tertiary/aromatic N) is 2. The summed E-state index contributed by atoms with van der Waals surface area (Å²) in [4.78, 5) is 34.3. The number of hydrogen-bond acceptors (Lipinski definition) is 6. The van der Waals surface area contributed by atoms with Crippen LogP contribution in [-0.4, -0.2) is 39.6 Å². The summed E-state index contributed by atoms with van der Waals surface area (Å²) < 4.78 is 44.9. The van der Waals surface area contributed by atoms with Gasteiger partial charge in [-0.25, -0.2) is 9.97 Å². The lowest BCUT2D eigenvalue weighted by molar-refractivity contribution is -0.137. The van der Waals surface area contributed by atoms with Crippen molar-refractivity contribution in [3.63, 3.8) is 0 Å². The zero-order valence-electron chi connectivity index (χ0n) is 16.2. The first-order chi connectivity index (χ1) is 14.7. The first-order valence-corrected chi connectivity index (χ1v) is 8.97. The molecule has 0 saturated heterocycles. The minimum atomic E-state index is -4.71. The molecular weight excluding hydrogens is 417 g/mol. The van der Waals surface area contributed by atoms with Crippen LogP contribution in [0.4, 0.5) is 13.2 Å². The Morgan fingerprint density at radius 1 is 1.26 bits per heavy atom. The number of H-pyrrole nitrogens is 1. The molecule has 8 nitrogen and oxygen atoms in total. The molecule has 2 aromatic heterocycles. The number of pyridine rings is 1. The van der Waals surface area contributed by atoms with Crippen LogP contribution >= 0.6 is 0 Å². The van der Waals surface area contributed by atoms with Gasteiger partial charge in [0.25, 0.3) is 11.5 Å². The Kier molecular flexibility index (Phi) is 6.23. The van der Waals surface area contributed by atoms with Crippen LogP contribution in [-0.2, 0) is 12.6 Å². The quantitative estimate of drug-likeness (QED) is 0.549. The zero-order valence-corrected chi connectivity index (χ0v) is 16.2. The van der Waals surface area contributed by atoms with Crippen molar-refractivity contribution in [3.8, 4) is 23.0 Å². The lowest BCUT2D eigenvalue weighted by Gasteiger charge is -2.13. The number of carbonyl (C=O) groups excluding carboxylic acids is 1. The largest absolute Gasteiger partial charge is 0.501 e. The van der Waals surface area contributed by atoms with E-state index in [0.29, 0.717) is 12.3 Å². The molecule has 0 radical (unpaired) electrons. The molecule has 0 spiro atoms. The summed E-state index contributed by atoms with van der Waals surface area (Å²) in [6.07, 6.45) is -2.80. The number of ether oxygens (including phenoxy) is 1. The number of carbonyl (C=O) groups is 1. The summed E-state index contributed by atoms with van der Waals surface area (Å²) in [5.41, 5.74) is -2.48. The number of benzene rings is 1. The van der Waals surface area contributed by atoms with Crippen LogP contribution in [0.1, 0.15) is 21.6 Å². The normalized spacial score (nSPS) is 11.2. The number of nitrogens with one attached hydrogen (secondary N) is 2. The van der Waals surface area contributed by atoms with Crippen LogP contribution in [0.2, 0.25) is 0 Å². The summed E-state index contributed by atoms with van der Waals surface area (Å²) in [6, 6.07) is 7.83. The van der Waals surface area contributed by atoms with E-state index in [4.69, 9.17) is 4.74 Å². The molecule has 3 N–H and O–H groups in total. The first kappa shape index (κ1) is 21.8. The number of halogens is 3. The topological polar surface area (TPSA) is 117 Å². The maximum Gasteiger partial charge on any atom is 0.417 e. The Bertz CT molecular complexity index is 1160. The predicted molar refractivity (Wildman–Crippen MR) is 104 cm³/mol. The Labute approximate surface area is 173 Å². The van der Waals surface area contributed by atoms with Crippen molar-refractivity contribution in [3.05, 3.63) is 69.8 Å². The molecule has 0 bridgehead atoms. The van der Waals surface area contributed by atoms with Gasteiger partial charge in [-0.1, -0.05) is 18.2 Å². The summed E-state index contributed by atoms with van der Waals surface area (Å²) in [5, 5.41) is 12.4. The molecule has 0 aliphatic heterocycles. The molecule has 11 heteroatoms. The van der Waals surface area contributed by atoms with Gasteiger partial charge in [0.05, 0.1) is 12.7 Å². The fourth-order valence-electron chi connectivity index (χ4n) is 2.81. The number of hydrogen-bond donors (Lipinski definition) is 3. The molecule has 31 heavy (non-hydrogen) atoms. The Morgan fingerprint density at radius 2 is 2.00 bits per heavy atom. The fourth-order valence-corrected chi connectivity index (χ4v) is 2.81. The molecule has 3 rings (SSSR count). The van der Waals surface area contributed by atoms with Crippen molar-refractivity contribution in [2.75, 3.05) is 13.7 Å². The Hall–Kier alpha value is -3.89. The van der Waals surface area contributed by atoms with Gasteiger partial charge in [-0.05, 0) is 24.1 Å². The van der Waals surface area contributed by atoms with Crippen LogP contribution in [0, 0.1) is 0 Å². The van der Waals surface area contributed by atoms with Crippen molar-refractivity contribution in [1.82, 2.24) is 20.3 Å². The first-order valence-electron chi connectivity index (χ1n) is 8.97. The molecule has 0 atom stereocenters. The maximum atomic E-state index is 13.3. The van der Waals surface area contributed by atoms with Gasteiger partial charge in [-0.3, -0.25) is 9.59 Å². The summed E-state index contributed by atoms with van der Waals surface area (Å²) in [6.45, 7) is 0.106. The maximum absolute atomic E-state index is 13.3. The van der Waals surface area contributed by atoms with Gasteiger partial charge in [0.1, 0.15) is 5.82 Å². The second-order valence-electron chi connectivity index (χ2n) is 6.37. The van der Waals surface area contributed by atoms with E-state index < -0.39 is 46.0 Å². The minimum Gasteiger partial charge on any atom is -0.501 e. The third kappa shape index (κ3) is 5.00. The van der Waals surface area contributed by atoms with E-state index >= 15 is 0 Å². The highest BCUT2D eigenvalue weighted by Gasteiger charge is 2.34. The van der Waals surface area contributed by atoms with E-state index in [2.05, 4.69) is 20.3 Å². The van der Waals surface area contributed by atoms with Gasteiger partial charge >= 0.3 is 6.18 Å². The van der Waals surface area contributed by atoms with E-state index in [0.717, 1.165) is 17.7 Å². The van der Waals surface area contributed by atoms with Crippen molar-refractivity contribution >= 4 is 5.91 Å². The van der Waals surface area contributed by atoms with Crippen molar-refractivity contribution < 1.29 is 27.8 Å². The molecule has 0 unspecified atom stereocenters. The summed E-state index contributed by atoms with van der Waals surface area (Å²) in [5.74, 6) is -1.99. The van der Waals surface area contributed by atoms with Crippen LogP contribution in [0.3, 0.4) is 0 Å². The molecular formula is C20H17F3N4O4. The SMILES string of the molecule is COc1cc(CCNC(=O)c2nc(-c3ccccc3C(F)(F)F)[nH]c(=O)c2O)ccn1. The van der Waals surface area contributed by atoms with Gasteiger partial charge in [-0.15, -0.1) is 0 Å². The lowest BCUT2D eigenvalue weighted by atomic mass is 10.1. The van der Waals surface area contributed by atoms with Crippen molar-refractivity contribution in [2.45, 2.75) is 12.6 Å². The average molecular weight is 434 g/mol. The lowest BCUT2D eigenvalue weighted by Crippen LogP contribution is -2.29. The summed E-state index contributed by atoms with van der Waals surface area (Å²) in [7, 11) is 1.46. The molecule has 0 aliphatic rings. The number of alkyl halides is 3. The molecule has 3 aromatic rings. The second kappa shape index (κ2) is 8.86. The van der Waals surface area contributed by atoms with E-state index in [1.54, 1.807) is 12.1 Å². The average Bonchev–Trinajstić information content (AvgIpc) is 2.75. The molecule has 0 fully saturated rings. The van der Waals surface area contributed by atoms with Gasteiger partial charge in [-0.2, -0.15) is 13.2 Å². The van der Waals surface area contributed by atoms with E-state index in [1.807, 2.05) is 0 Å². The van der Waals surface area contributed by atoms with Gasteiger partial charge < -0.3 is 20.1 Å². The van der Waals surface area contributed by atoms with Gasteiger partial charge in [0, 0.05) is 24.4 Å². The van der Waals surface area contributed by atoms with Crippen LogP contribution in [0.5, 0.6) is 11.6 Å². The zero-order chi connectivity index (χ0) is 22.6. The van der Waals surface area contributed by atoms with Crippen molar-refractivity contribution in [1.29, 1.82) is 0 Å². The standard InChI is InChI=1S/C20H17F3N4O4/c1-31-14-10-11(6-8-24-14)7-9-25-18(29)15-16(28)19(30)27-17(26-15)12-4-2-3-5-13(12)20(21,22)23/h2-6,8,10,28H,7,9H2,1H3,(H,25,29)(H,26,27,30). The number of rotatable bonds is 6.